The maximum atomic E-state index is 5.52. The molecule has 0 aliphatic heterocycles. The zero-order valence-electron chi connectivity index (χ0n) is 6.50. The third-order valence-electron chi connectivity index (χ3n) is 1.40. The molecule has 1 aromatic rings. The largest absolute Gasteiger partial charge is 0.371 e. The van der Waals surface area contributed by atoms with E-state index in [0.29, 0.717) is 19.0 Å². The minimum atomic E-state index is 0.462. The van der Waals surface area contributed by atoms with Crippen molar-refractivity contribution in [2.45, 2.75) is 13.5 Å². The van der Waals surface area contributed by atoms with Gasteiger partial charge in [-0.2, -0.15) is 0 Å². The number of hydrogen-bond acceptors (Lipinski definition) is 3. The van der Waals surface area contributed by atoms with Crippen LogP contribution < -0.4 is 16.3 Å². The highest BCUT2D eigenvalue weighted by atomic mass is 16.5. The van der Waals surface area contributed by atoms with Crippen LogP contribution in [0.2, 0.25) is 0 Å². The van der Waals surface area contributed by atoms with E-state index in [-0.39, 0.29) is 0 Å². The summed E-state index contributed by atoms with van der Waals surface area (Å²) in [5.74, 6) is 6.79. The first-order valence-corrected chi connectivity index (χ1v) is 3.46. The summed E-state index contributed by atoms with van der Waals surface area (Å²) < 4.78 is 6.50. The normalized spacial score (nSPS) is 10.3. The molecule has 0 aliphatic carbocycles. The van der Waals surface area contributed by atoms with Crippen LogP contribution in [0.3, 0.4) is 0 Å². The third kappa shape index (κ3) is 1.62. The fourth-order valence-corrected chi connectivity index (χ4v) is 0.762. The number of nitrogen functional groups attached to an aromatic ring is 2. The Morgan fingerprint density at radius 3 is 2.91 bits per heavy atom. The van der Waals surface area contributed by atoms with Crippen molar-refractivity contribution in [3.05, 3.63) is 12.0 Å². The molecule has 1 rings (SSSR count). The molecule has 5 nitrogen and oxygen atoms in total. The average Bonchev–Trinajstić information content (AvgIpc) is 2.31. The number of anilines is 1. The van der Waals surface area contributed by atoms with Gasteiger partial charge in [0.1, 0.15) is 12.8 Å². The highest BCUT2D eigenvalue weighted by Crippen LogP contribution is 1.94. The van der Waals surface area contributed by atoms with Gasteiger partial charge in [-0.15, -0.1) is 4.68 Å². The van der Waals surface area contributed by atoms with E-state index in [1.807, 2.05) is 6.92 Å². The number of nitrogens with two attached hydrogens (primary N) is 2. The summed E-state index contributed by atoms with van der Waals surface area (Å²) in [6.07, 6.45) is 1.63. The summed E-state index contributed by atoms with van der Waals surface area (Å²) in [6, 6.07) is 0. The van der Waals surface area contributed by atoms with Crippen LogP contribution in [-0.2, 0) is 11.3 Å². The molecule has 0 fully saturated rings. The van der Waals surface area contributed by atoms with E-state index in [1.165, 1.54) is 4.68 Å². The second kappa shape index (κ2) is 3.25. The van der Waals surface area contributed by atoms with E-state index in [1.54, 1.807) is 6.20 Å². The van der Waals surface area contributed by atoms with E-state index in [4.69, 9.17) is 16.3 Å². The number of rotatable bonds is 3. The second-order valence-corrected chi connectivity index (χ2v) is 2.17. The summed E-state index contributed by atoms with van der Waals surface area (Å²) >= 11 is 0. The van der Waals surface area contributed by atoms with Crippen molar-refractivity contribution in [3.8, 4) is 0 Å². The molecule has 0 saturated heterocycles. The van der Waals surface area contributed by atoms with Gasteiger partial charge in [0.15, 0.2) is 0 Å². The van der Waals surface area contributed by atoms with Crippen molar-refractivity contribution in [1.82, 2.24) is 4.98 Å². The molecular weight excluding hydrogens is 144 g/mol. The van der Waals surface area contributed by atoms with Crippen LogP contribution in [0, 0.1) is 0 Å². The Balaban J connectivity index is 2.63. The first-order chi connectivity index (χ1) is 5.25. The number of imidazole rings is 1. The Hall–Kier alpha value is -1.23. The molecule has 11 heavy (non-hydrogen) atoms. The fourth-order valence-electron chi connectivity index (χ4n) is 0.762. The first-order valence-electron chi connectivity index (χ1n) is 3.46. The van der Waals surface area contributed by atoms with Gasteiger partial charge in [0, 0.05) is 6.61 Å². The van der Waals surface area contributed by atoms with Crippen molar-refractivity contribution >= 4 is 5.82 Å². The third-order valence-corrected chi connectivity index (χ3v) is 1.40. The zero-order chi connectivity index (χ0) is 8.27. The maximum absolute atomic E-state index is 5.52. The molecule has 0 unspecified atom stereocenters. The number of H-pyrrole nitrogens is 1. The van der Waals surface area contributed by atoms with Gasteiger partial charge in [-0.1, -0.05) is 0 Å². The number of hydrogen-bond donors (Lipinski definition) is 3. The molecule has 5 heteroatoms. The first kappa shape index (κ1) is 7.87. The zero-order valence-corrected chi connectivity index (χ0v) is 6.50. The van der Waals surface area contributed by atoms with Gasteiger partial charge in [0.25, 0.3) is 5.82 Å². The molecule has 0 atom stereocenters. The van der Waals surface area contributed by atoms with Gasteiger partial charge in [0.2, 0.25) is 5.82 Å². The molecule has 0 amide bonds. The van der Waals surface area contributed by atoms with Gasteiger partial charge in [-0.25, -0.2) is 0 Å². The number of nitrogens with one attached hydrogen (secondary N) is 1. The van der Waals surface area contributed by atoms with E-state index >= 15 is 0 Å². The lowest BCUT2D eigenvalue weighted by atomic mass is 10.6. The Morgan fingerprint density at radius 1 is 1.73 bits per heavy atom. The molecule has 0 spiro atoms. The molecule has 0 bridgehead atoms. The smallest absolute Gasteiger partial charge is 0.272 e. The Morgan fingerprint density at radius 2 is 2.45 bits per heavy atom. The Labute approximate surface area is 64.9 Å². The van der Waals surface area contributed by atoms with Gasteiger partial charge in [0.05, 0.1) is 0 Å². The summed E-state index contributed by atoms with van der Waals surface area (Å²) in [6.45, 7) is 3.05. The van der Waals surface area contributed by atoms with Crippen molar-refractivity contribution in [2.24, 2.45) is 0 Å². The Kier molecular flexibility index (Phi) is 2.32. The molecule has 0 radical (unpaired) electrons. The standard InChI is InChI=1S/C6H12N4O/c1-2-11-4-6-9-3-5(7)10(6)8/h3H,2,4,7-8H2,1H3/p+1. The van der Waals surface area contributed by atoms with Crippen LogP contribution in [0.15, 0.2) is 6.20 Å². The highest BCUT2D eigenvalue weighted by Gasteiger charge is 2.09. The monoisotopic (exact) mass is 157 g/mol. The van der Waals surface area contributed by atoms with E-state index < -0.39 is 0 Å². The van der Waals surface area contributed by atoms with E-state index in [9.17, 15) is 0 Å². The fraction of sp³-hybridized carbons (Fsp3) is 0.500. The minimum absolute atomic E-state index is 0.462. The van der Waals surface area contributed by atoms with Gasteiger partial charge >= 0.3 is 0 Å². The SMILES string of the molecule is CCOCc1[nH]cc(N)[n+]1N. The summed E-state index contributed by atoms with van der Waals surface area (Å²) in [7, 11) is 0. The number of nitrogens with zero attached hydrogens (tertiary/aromatic N) is 1. The lowest BCUT2D eigenvalue weighted by molar-refractivity contribution is -0.633. The van der Waals surface area contributed by atoms with Crippen molar-refractivity contribution in [3.63, 3.8) is 0 Å². The molecule has 0 saturated carbocycles. The van der Waals surface area contributed by atoms with Gasteiger partial charge in [-0.05, 0) is 6.92 Å². The van der Waals surface area contributed by atoms with Crippen molar-refractivity contribution in [2.75, 3.05) is 18.2 Å². The molecular formula is C6H13N4O+. The molecule has 1 aromatic heterocycles. The summed E-state index contributed by atoms with van der Waals surface area (Å²) in [5.41, 5.74) is 5.46. The number of aromatic amines is 1. The van der Waals surface area contributed by atoms with Gasteiger partial charge < -0.3 is 10.5 Å². The van der Waals surface area contributed by atoms with Crippen LogP contribution in [0.4, 0.5) is 5.82 Å². The van der Waals surface area contributed by atoms with Crippen LogP contribution in [-0.4, -0.2) is 11.6 Å². The van der Waals surface area contributed by atoms with Crippen LogP contribution in [0.25, 0.3) is 0 Å². The lowest BCUT2D eigenvalue weighted by Crippen LogP contribution is -2.48. The number of ether oxygens (including phenoxy) is 1. The predicted octanol–water partition coefficient (Wildman–Crippen LogP) is -0.865. The second-order valence-electron chi connectivity index (χ2n) is 2.17. The van der Waals surface area contributed by atoms with E-state index in [0.717, 1.165) is 5.82 Å². The molecule has 0 aliphatic rings. The van der Waals surface area contributed by atoms with Gasteiger partial charge in [-0.3, -0.25) is 10.8 Å². The van der Waals surface area contributed by atoms with Crippen LogP contribution >= 0.6 is 0 Å². The molecule has 0 aromatic carbocycles. The minimum Gasteiger partial charge on any atom is -0.371 e. The lowest BCUT2D eigenvalue weighted by Gasteiger charge is -1.96. The van der Waals surface area contributed by atoms with E-state index in [2.05, 4.69) is 4.98 Å². The molecule has 1 heterocycles. The molecule has 5 N–H and O–H groups in total. The average molecular weight is 157 g/mol. The van der Waals surface area contributed by atoms with Crippen LogP contribution in [0.1, 0.15) is 12.7 Å². The summed E-state index contributed by atoms with van der Waals surface area (Å²) in [5, 5.41) is 0. The highest BCUT2D eigenvalue weighted by molar-refractivity contribution is 5.15. The number of aromatic nitrogens is 2. The van der Waals surface area contributed by atoms with Crippen LogP contribution in [0.5, 0.6) is 0 Å². The topological polar surface area (TPSA) is 80.9 Å². The quantitative estimate of drug-likeness (QED) is 0.394. The Bertz CT molecular complexity index is 232. The van der Waals surface area contributed by atoms with Crippen molar-refractivity contribution in [1.29, 1.82) is 0 Å². The predicted molar refractivity (Wildman–Crippen MR) is 40.9 cm³/mol. The maximum Gasteiger partial charge on any atom is 0.272 e. The van der Waals surface area contributed by atoms with Crippen molar-refractivity contribution < 1.29 is 9.41 Å². The molecule has 62 valence electrons. The summed E-state index contributed by atoms with van der Waals surface area (Å²) in [4.78, 5) is 2.90.